The van der Waals surface area contributed by atoms with Gasteiger partial charge in [0, 0.05) is 0 Å². The number of hydrogen-bond acceptors (Lipinski definition) is 2. The van der Waals surface area contributed by atoms with Gasteiger partial charge in [-0.15, -0.1) is 13.2 Å². The zero-order chi connectivity index (χ0) is 24.7. The third-order valence-corrected chi connectivity index (χ3v) is 20.6. The first kappa shape index (κ1) is 30.1. The van der Waals surface area contributed by atoms with E-state index in [-0.39, 0.29) is 10.4 Å². The quantitative estimate of drug-likeness (QED) is 0.210. The summed E-state index contributed by atoms with van der Waals surface area (Å²) < 4.78 is 15.2. The molecule has 188 valence electrons. The van der Waals surface area contributed by atoms with Crippen molar-refractivity contribution in [3.8, 4) is 0 Å². The SMILES string of the molecule is C=C[Si](C)(C)OC(CC)(CCC)[Si](C)(OC(CC)(CCC)[Si](C)(C)C=C)C1CCCCC1. The van der Waals surface area contributed by atoms with Crippen molar-refractivity contribution in [2.75, 3.05) is 0 Å². The molecule has 0 aromatic rings. The minimum atomic E-state index is -2.34. The van der Waals surface area contributed by atoms with E-state index >= 15 is 0 Å². The molecule has 0 aromatic heterocycles. The molecule has 0 spiro atoms. The van der Waals surface area contributed by atoms with Crippen LogP contribution in [0.25, 0.3) is 0 Å². The van der Waals surface area contributed by atoms with Gasteiger partial charge in [-0.2, -0.15) is 0 Å². The minimum Gasteiger partial charge on any atom is -0.411 e. The molecule has 5 heteroatoms. The number of hydrogen-bond donors (Lipinski definition) is 0. The van der Waals surface area contributed by atoms with E-state index in [0.717, 1.165) is 38.5 Å². The van der Waals surface area contributed by atoms with E-state index < -0.39 is 24.7 Å². The fourth-order valence-corrected chi connectivity index (χ4v) is 18.3. The molecule has 1 fully saturated rings. The molecule has 32 heavy (non-hydrogen) atoms. The fraction of sp³-hybridized carbons (Fsp3) is 0.852. The van der Waals surface area contributed by atoms with E-state index in [1.165, 1.54) is 32.1 Å². The monoisotopic (exact) mass is 496 g/mol. The molecule has 1 aliphatic carbocycles. The van der Waals surface area contributed by atoms with E-state index in [4.69, 9.17) is 8.85 Å². The van der Waals surface area contributed by atoms with E-state index in [0.29, 0.717) is 5.54 Å². The van der Waals surface area contributed by atoms with E-state index in [1.54, 1.807) is 0 Å². The van der Waals surface area contributed by atoms with Crippen LogP contribution in [-0.2, 0) is 8.85 Å². The maximum Gasteiger partial charge on any atom is 0.223 e. The molecular formula is C27H56O2Si3. The second-order valence-electron chi connectivity index (χ2n) is 11.6. The zero-order valence-corrected chi connectivity index (χ0v) is 26.2. The lowest BCUT2D eigenvalue weighted by Crippen LogP contribution is -2.71. The molecule has 0 aliphatic heterocycles. The minimum absolute atomic E-state index is 0.0562. The average molecular weight is 497 g/mol. The maximum absolute atomic E-state index is 7.90. The summed E-state index contributed by atoms with van der Waals surface area (Å²) >= 11 is 0. The predicted octanol–water partition coefficient (Wildman–Crippen LogP) is 9.27. The molecule has 0 bridgehead atoms. The summed E-state index contributed by atoms with van der Waals surface area (Å²) in [4.78, 5) is 0. The Bertz CT molecular complexity index is 600. The highest BCUT2D eigenvalue weighted by Gasteiger charge is 2.61. The van der Waals surface area contributed by atoms with Gasteiger partial charge in [0.05, 0.1) is 10.4 Å². The lowest BCUT2D eigenvalue weighted by Gasteiger charge is -2.59. The molecule has 0 N–H and O–H groups in total. The highest BCUT2D eigenvalue weighted by atomic mass is 28.4. The fourth-order valence-electron chi connectivity index (χ4n) is 6.36. The molecule has 3 atom stereocenters. The first-order chi connectivity index (χ1) is 14.9. The second-order valence-corrected chi connectivity index (χ2v) is 24.3. The van der Waals surface area contributed by atoms with Crippen molar-refractivity contribution in [2.24, 2.45) is 0 Å². The third kappa shape index (κ3) is 6.18. The summed E-state index contributed by atoms with van der Waals surface area (Å²) in [5.74, 6) is 0. The standard InChI is InChI=1S/C27H56O2Si3/c1-12-23-26(14-3,30(7,8)16-5)29-32(11,25-21-19-18-20-22-25)27(15-4,24-13-2)28-31(9,10)17-6/h16-17,25H,5-6,12-15,18-24H2,1-4,7-11H3. The van der Waals surface area contributed by atoms with Gasteiger partial charge in [-0.25, -0.2) is 0 Å². The molecule has 2 nitrogen and oxygen atoms in total. The number of rotatable bonds is 15. The molecule has 1 rings (SSSR count). The van der Waals surface area contributed by atoms with Crippen molar-refractivity contribution in [3.63, 3.8) is 0 Å². The predicted molar refractivity (Wildman–Crippen MR) is 152 cm³/mol. The Hall–Kier alpha value is 0.0506. The average Bonchev–Trinajstić information content (AvgIpc) is 2.78. The topological polar surface area (TPSA) is 18.5 Å². The summed E-state index contributed by atoms with van der Waals surface area (Å²) in [5, 5.41) is -0.202. The van der Waals surface area contributed by atoms with Crippen LogP contribution in [0.3, 0.4) is 0 Å². The van der Waals surface area contributed by atoms with Crippen LogP contribution < -0.4 is 0 Å². The van der Waals surface area contributed by atoms with Crippen molar-refractivity contribution >= 4 is 24.7 Å². The van der Waals surface area contributed by atoms with Crippen molar-refractivity contribution in [3.05, 3.63) is 24.6 Å². The Morgan fingerprint density at radius 1 is 0.750 bits per heavy atom. The van der Waals surface area contributed by atoms with Gasteiger partial charge in [-0.05, 0) is 50.9 Å². The smallest absolute Gasteiger partial charge is 0.223 e. The second kappa shape index (κ2) is 12.1. The van der Waals surface area contributed by atoms with Crippen LogP contribution in [0, 0.1) is 0 Å². The Balaban J connectivity index is 3.78. The molecule has 0 amide bonds. The van der Waals surface area contributed by atoms with Gasteiger partial charge in [0.1, 0.15) is 8.07 Å². The van der Waals surface area contributed by atoms with Crippen LogP contribution in [0.4, 0.5) is 0 Å². The Kier molecular flexibility index (Phi) is 11.4. The normalized spacial score (nSPS) is 21.9. The molecular weight excluding hydrogens is 441 g/mol. The third-order valence-electron chi connectivity index (χ3n) is 8.78. The van der Waals surface area contributed by atoms with Crippen LogP contribution in [-0.4, -0.2) is 35.2 Å². The van der Waals surface area contributed by atoms with Crippen LogP contribution >= 0.6 is 0 Å². The zero-order valence-electron chi connectivity index (χ0n) is 23.2. The van der Waals surface area contributed by atoms with Gasteiger partial charge in [0.25, 0.3) is 0 Å². The lowest BCUT2D eigenvalue weighted by atomic mass is 10.0. The van der Waals surface area contributed by atoms with Crippen molar-refractivity contribution < 1.29 is 8.85 Å². The molecule has 0 heterocycles. The van der Waals surface area contributed by atoms with Crippen LogP contribution in [0.5, 0.6) is 0 Å². The molecule has 0 radical (unpaired) electrons. The van der Waals surface area contributed by atoms with E-state index in [9.17, 15) is 0 Å². The summed E-state index contributed by atoms with van der Waals surface area (Å²) in [7, 11) is -6.16. The first-order valence-electron chi connectivity index (χ1n) is 13.6. The van der Waals surface area contributed by atoms with Crippen LogP contribution in [0.15, 0.2) is 24.6 Å². The molecule has 1 aliphatic rings. The van der Waals surface area contributed by atoms with Gasteiger partial charge in [0.15, 0.2) is 0 Å². The van der Waals surface area contributed by atoms with Crippen molar-refractivity contribution in [2.45, 2.75) is 147 Å². The Morgan fingerprint density at radius 3 is 1.66 bits per heavy atom. The maximum atomic E-state index is 7.90. The summed E-state index contributed by atoms with van der Waals surface area (Å²) in [6.07, 6.45) is 13.4. The van der Waals surface area contributed by atoms with Crippen molar-refractivity contribution in [1.82, 2.24) is 0 Å². The van der Waals surface area contributed by atoms with E-state index in [2.05, 4.69) is 85.0 Å². The summed E-state index contributed by atoms with van der Waals surface area (Å²) in [6, 6.07) is 0. The van der Waals surface area contributed by atoms with Gasteiger partial charge < -0.3 is 8.85 Å². The summed E-state index contributed by atoms with van der Waals surface area (Å²) in [5.41, 5.74) is 5.10. The van der Waals surface area contributed by atoms with Gasteiger partial charge in [0.2, 0.25) is 16.6 Å². The van der Waals surface area contributed by atoms with Crippen LogP contribution in [0.1, 0.15) is 98.3 Å². The summed E-state index contributed by atoms with van der Waals surface area (Å²) in [6.45, 7) is 30.1. The van der Waals surface area contributed by atoms with E-state index in [1.807, 2.05) is 0 Å². The largest absolute Gasteiger partial charge is 0.411 e. The molecule has 0 saturated heterocycles. The Morgan fingerprint density at radius 2 is 1.25 bits per heavy atom. The molecule has 1 saturated carbocycles. The van der Waals surface area contributed by atoms with Gasteiger partial charge in [-0.1, -0.05) is 97.1 Å². The molecule has 0 aromatic carbocycles. The van der Waals surface area contributed by atoms with Gasteiger partial charge in [-0.3, -0.25) is 0 Å². The van der Waals surface area contributed by atoms with Crippen molar-refractivity contribution in [1.29, 1.82) is 0 Å². The molecule has 3 unspecified atom stereocenters. The van der Waals surface area contributed by atoms with Gasteiger partial charge >= 0.3 is 0 Å². The Labute approximate surface area is 204 Å². The lowest BCUT2D eigenvalue weighted by molar-refractivity contribution is 0.0406. The van der Waals surface area contributed by atoms with Crippen LogP contribution in [0.2, 0.25) is 38.3 Å². The highest BCUT2D eigenvalue weighted by Crippen LogP contribution is 2.52. The first-order valence-corrected chi connectivity index (χ1v) is 22.1. The highest BCUT2D eigenvalue weighted by molar-refractivity contribution is 6.87.